The average molecular weight is 344 g/mol. The third-order valence-electron chi connectivity index (χ3n) is 4.43. The van der Waals surface area contributed by atoms with Gasteiger partial charge in [-0.2, -0.15) is 4.68 Å². The molecule has 1 aliphatic heterocycles. The topological polar surface area (TPSA) is 96.2 Å². The van der Waals surface area contributed by atoms with E-state index >= 15 is 0 Å². The van der Waals surface area contributed by atoms with Gasteiger partial charge in [0, 0.05) is 12.5 Å². The minimum absolute atomic E-state index is 0.0140. The predicted molar refractivity (Wildman–Crippen MR) is 91.8 cm³/mol. The minimum atomic E-state index is -0.513. The van der Waals surface area contributed by atoms with Crippen molar-refractivity contribution in [1.82, 2.24) is 30.4 Å². The van der Waals surface area contributed by atoms with Crippen molar-refractivity contribution < 1.29 is 9.90 Å². The standard InChI is InChI=1S/C17H24N6O2/c1-13(24)11-18-17(25)14-7-9-22(10-8-14)12-16-19-20-21-23(16)15-5-3-2-4-6-15/h2-6,13-14,24H,7-12H2,1H3,(H,18,25)/t13-/m1/s1. The van der Waals surface area contributed by atoms with Crippen LogP contribution in [0.5, 0.6) is 0 Å². The Morgan fingerprint density at radius 1 is 1.32 bits per heavy atom. The van der Waals surface area contributed by atoms with Gasteiger partial charge in [-0.25, -0.2) is 0 Å². The first kappa shape index (κ1) is 17.5. The number of carbonyl (C=O) groups excluding carboxylic acids is 1. The molecule has 0 aliphatic carbocycles. The van der Waals surface area contributed by atoms with Crippen LogP contribution in [0.3, 0.4) is 0 Å². The highest BCUT2D eigenvalue weighted by Crippen LogP contribution is 2.19. The number of aliphatic hydroxyl groups excluding tert-OH is 1. The van der Waals surface area contributed by atoms with Gasteiger partial charge in [0.2, 0.25) is 5.91 Å². The number of hydrogen-bond acceptors (Lipinski definition) is 6. The van der Waals surface area contributed by atoms with Crippen LogP contribution in [0.1, 0.15) is 25.6 Å². The highest BCUT2D eigenvalue weighted by molar-refractivity contribution is 5.78. The van der Waals surface area contributed by atoms with Gasteiger partial charge in [-0.05, 0) is 55.4 Å². The van der Waals surface area contributed by atoms with Gasteiger partial charge < -0.3 is 10.4 Å². The maximum Gasteiger partial charge on any atom is 0.223 e. The van der Waals surface area contributed by atoms with Gasteiger partial charge in [0.25, 0.3) is 0 Å². The molecule has 25 heavy (non-hydrogen) atoms. The molecular weight excluding hydrogens is 320 g/mol. The van der Waals surface area contributed by atoms with E-state index in [1.807, 2.05) is 30.3 Å². The molecule has 0 saturated carbocycles. The summed E-state index contributed by atoms with van der Waals surface area (Å²) in [5.74, 6) is 0.845. The third-order valence-corrected chi connectivity index (χ3v) is 4.43. The smallest absolute Gasteiger partial charge is 0.223 e. The van der Waals surface area contributed by atoms with Crippen LogP contribution < -0.4 is 5.32 Å². The zero-order valence-electron chi connectivity index (χ0n) is 14.4. The van der Waals surface area contributed by atoms with Crippen molar-refractivity contribution in [1.29, 1.82) is 0 Å². The van der Waals surface area contributed by atoms with Crippen molar-refractivity contribution >= 4 is 5.91 Å². The van der Waals surface area contributed by atoms with E-state index in [-0.39, 0.29) is 11.8 Å². The lowest BCUT2D eigenvalue weighted by Crippen LogP contribution is -2.42. The lowest BCUT2D eigenvalue weighted by molar-refractivity contribution is -0.126. The Bertz CT molecular complexity index is 679. The van der Waals surface area contributed by atoms with E-state index in [1.54, 1.807) is 11.6 Å². The summed E-state index contributed by atoms with van der Waals surface area (Å²) in [4.78, 5) is 14.4. The Hall–Kier alpha value is -2.32. The number of benzene rings is 1. The number of aliphatic hydroxyl groups is 1. The summed E-state index contributed by atoms with van der Waals surface area (Å²) in [5, 5.41) is 24.1. The Morgan fingerprint density at radius 2 is 2.04 bits per heavy atom. The van der Waals surface area contributed by atoms with Crippen molar-refractivity contribution in [3.63, 3.8) is 0 Å². The quantitative estimate of drug-likeness (QED) is 0.786. The molecule has 1 atom stereocenters. The monoisotopic (exact) mass is 344 g/mol. The van der Waals surface area contributed by atoms with Crippen LogP contribution in [0.25, 0.3) is 5.69 Å². The van der Waals surface area contributed by atoms with E-state index in [2.05, 4.69) is 25.7 Å². The lowest BCUT2D eigenvalue weighted by atomic mass is 9.96. The lowest BCUT2D eigenvalue weighted by Gasteiger charge is -2.30. The highest BCUT2D eigenvalue weighted by Gasteiger charge is 2.26. The maximum absolute atomic E-state index is 12.1. The number of aromatic nitrogens is 4. The van der Waals surface area contributed by atoms with E-state index in [1.165, 1.54) is 0 Å². The zero-order chi connectivity index (χ0) is 17.6. The van der Waals surface area contributed by atoms with Crippen LogP contribution in [0.4, 0.5) is 0 Å². The van der Waals surface area contributed by atoms with E-state index in [9.17, 15) is 9.90 Å². The number of hydrogen-bond donors (Lipinski definition) is 2. The molecule has 0 spiro atoms. The fourth-order valence-corrected chi connectivity index (χ4v) is 3.02. The number of nitrogens with zero attached hydrogens (tertiary/aromatic N) is 5. The molecule has 1 amide bonds. The van der Waals surface area contributed by atoms with E-state index < -0.39 is 6.10 Å². The molecule has 2 heterocycles. The number of rotatable bonds is 6. The van der Waals surface area contributed by atoms with Gasteiger partial charge in [0.15, 0.2) is 5.82 Å². The molecular formula is C17H24N6O2. The summed E-state index contributed by atoms with van der Waals surface area (Å²) in [6.45, 7) is 4.29. The van der Waals surface area contributed by atoms with Crippen molar-refractivity contribution in [3.8, 4) is 5.69 Å². The van der Waals surface area contributed by atoms with Gasteiger partial charge in [-0.15, -0.1) is 5.10 Å². The summed E-state index contributed by atoms with van der Waals surface area (Å²) in [6.07, 6.45) is 1.10. The number of amides is 1. The van der Waals surface area contributed by atoms with Crippen LogP contribution in [-0.2, 0) is 11.3 Å². The summed E-state index contributed by atoms with van der Waals surface area (Å²) in [6, 6.07) is 9.81. The minimum Gasteiger partial charge on any atom is -0.392 e. The fraction of sp³-hybridized carbons (Fsp3) is 0.529. The number of para-hydroxylation sites is 1. The molecule has 0 unspecified atom stereocenters. The van der Waals surface area contributed by atoms with Gasteiger partial charge in [0.1, 0.15) is 0 Å². The summed E-state index contributed by atoms with van der Waals surface area (Å²) >= 11 is 0. The van der Waals surface area contributed by atoms with Crippen LogP contribution in [0.15, 0.2) is 30.3 Å². The Morgan fingerprint density at radius 3 is 2.72 bits per heavy atom. The largest absolute Gasteiger partial charge is 0.392 e. The van der Waals surface area contributed by atoms with Gasteiger partial charge in [-0.1, -0.05) is 18.2 Å². The number of carbonyl (C=O) groups is 1. The molecule has 0 radical (unpaired) electrons. The number of likely N-dealkylation sites (tertiary alicyclic amines) is 1. The molecule has 0 bridgehead atoms. The number of tetrazole rings is 1. The summed E-state index contributed by atoms with van der Waals surface area (Å²) in [7, 11) is 0. The van der Waals surface area contributed by atoms with E-state index in [0.717, 1.165) is 37.4 Å². The predicted octanol–water partition coefficient (Wildman–Crippen LogP) is 0.371. The summed E-state index contributed by atoms with van der Waals surface area (Å²) < 4.78 is 1.75. The molecule has 2 N–H and O–H groups in total. The molecule has 8 heteroatoms. The molecule has 1 aromatic carbocycles. The van der Waals surface area contributed by atoms with Crippen LogP contribution in [0, 0.1) is 5.92 Å². The van der Waals surface area contributed by atoms with Gasteiger partial charge in [-0.3, -0.25) is 9.69 Å². The first-order valence-electron chi connectivity index (χ1n) is 8.64. The highest BCUT2D eigenvalue weighted by atomic mass is 16.3. The van der Waals surface area contributed by atoms with Crippen LogP contribution in [0.2, 0.25) is 0 Å². The Labute approximate surface area is 146 Å². The van der Waals surface area contributed by atoms with Gasteiger partial charge in [0.05, 0.1) is 18.3 Å². The molecule has 1 fully saturated rings. The molecule has 1 aromatic heterocycles. The van der Waals surface area contributed by atoms with Crippen molar-refractivity contribution in [3.05, 3.63) is 36.2 Å². The van der Waals surface area contributed by atoms with Crippen LogP contribution >= 0.6 is 0 Å². The Balaban J connectivity index is 1.53. The summed E-state index contributed by atoms with van der Waals surface area (Å²) in [5.41, 5.74) is 0.940. The maximum atomic E-state index is 12.1. The SMILES string of the molecule is C[C@@H](O)CNC(=O)C1CCN(Cc2nnnn2-c2ccccc2)CC1. The molecule has 1 aliphatic rings. The molecule has 2 aromatic rings. The Kier molecular flexibility index (Phi) is 5.72. The average Bonchev–Trinajstić information content (AvgIpc) is 3.09. The van der Waals surface area contributed by atoms with E-state index in [0.29, 0.717) is 13.1 Å². The van der Waals surface area contributed by atoms with Gasteiger partial charge >= 0.3 is 0 Å². The molecule has 1 saturated heterocycles. The van der Waals surface area contributed by atoms with Crippen molar-refractivity contribution in [2.24, 2.45) is 5.92 Å². The molecule has 8 nitrogen and oxygen atoms in total. The second-order valence-electron chi connectivity index (χ2n) is 6.49. The first-order chi connectivity index (χ1) is 12.1. The van der Waals surface area contributed by atoms with Crippen molar-refractivity contribution in [2.45, 2.75) is 32.4 Å². The normalized spacial score (nSPS) is 17.4. The molecule has 134 valence electrons. The second-order valence-corrected chi connectivity index (χ2v) is 6.49. The van der Waals surface area contributed by atoms with Crippen LogP contribution in [-0.4, -0.2) is 61.9 Å². The van der Waals surface area contributed by atoms with Crippen molar-refractivity contribution in [2.75, 3.05) is 19.6 Å². The number of piperidine rings is 1. The zero-order valence-corrected chi connectivity index (χ0v) is 14.4. The first-order valence-corrected chi connectivity index (χ1v) is 8.64. The third kappa shape index (κ3) is 4.61. The fourth-order valence-electron chi connectivity index (χ4n) is 3.02. The second kappa shape index (κ2) is 8.17. The number of nitrogens with one attached hydrogen (secondary N) is 1. The molecule has 3 rings (SSSR count). The van der Waals surface area contributed by atoms with E-state index in [4.69, 9.17) is 0 Å².